The van der Waals surface area contributed by atoms with Crippen molar-refractivity contribution in [3.8, 4) is 0 Å². The molecule has 8 heteroatoms. The summed E-state index contributed by atoms with van der Waals surface area (Å²) < 4.78 is 13.4. The fourth-order valence-electron chi connectivity index (χ4n) is 4.21. The van der Waals surface area contributed by atoms with E-state index in [9.17, 15) is 18.8 Å². The topological polar surface area (TPSA) is 90.5 Å². The van der Waals surface area contributed by atoms with Crippen molar-refractivity contribution in [3.05, 3.63) is 59.4 Å². The first-order valence-corrected chi connectivity index (χ1v) is 10.4. The highest BCUT2D eigenvalue weighted by Crippen LogP contribution is 2.27. The van der Waals surface area contributed by atoms with Crippen LogP contribution in [0.5, 0.6) is 0 Å². The van der Waals surface area contributed by atoms with Crippen LogP contribution in [-0.4, -0.2) is 37.0 Å². The maximum absolute atomic E-state index is 13.4. The Hall–Kier alpha value is -3.42. The number of hydrogen-bond acceptors (Lipinski definition) is 3. The Bertz CT molecular complexity index is 1030. The lowest BCUT2D eigenvalue weighted by Gasteiger charge is -2.33. The maximum atomic E-state index is 13.4. The van der Waals surface area contributed by atoms with Crippen molar-refractivity contribution in [3.63, 3.8) is 0 Å². The molecule has 2 fully saturated rings. The van der Waals surface area contributed by atoms with Crippen molar-refractivity contribution in [1.29, 1.82) is 0 Å². The van der Waals surface area contributed by atoms with Gasteiger partial charge >= 0.3 is 6.03 Å². The van der Waals surface area contributed by atoms with E-state index >= 15 is 0 Å². The first-order chi connectivity index (χ1) is 14.9. The first-order valence-electron chi connectivity index (χ1n) is 10.4. The standard InChI is InChI=1S/C23H25FN4O3/c1-14-10-17(24)7-8-20(14)28-9-3-6-19(22(28)30)27-23(31)26-18-5-2-4-15(11-18)16-12-21(29)25-13-16/h2,4-5,7-8,10-11,16,19H,3,6,9,12-13H2,1H3,(H,25,29)(H2,26,27,31). The van der Waals surface area contributed by atoms with Crippen molar-refractivity contribution in [2.45, 2.75) is 38.1 Å². The third-order valence-corrected chi connectivity index (χ3v) is 5.79. The SMILES string of the molecule is Cc1cc(F)ccc1N1CCCC(NC(=O)Nc2cccc(C3CNC(=O)C3)c2)C1=O. The number of amides is 4. The molecule has 2 saturated heterocycles. The summed E-state index contributed by atoms with van der Waals surface area (Å²) in [6, 6.07) is 10.6. The van der Waals surface area contributed by atoms with Crippen molar-refractivity contribution < 1.29 is 18.8 Å². The van der Waals surface area contributed by atoms with Crippen LogP contribution >= 0.6 is 0 Å². The second-order valence-corrected chi connectivity index (χ2v) is 8.04. The molecule has 3 N–H and O–H groups in total. The Morgan fingerprint density at radius 2 is 2.03 bits per heavy atom. The van der Waals surface area contributed by atoms with Crippen LogP contribution in [0.4, 0.5) is 20.6 Å². The quantitative estimate of drug-likeness (QED) is 0.705. The molecule has 2 aromatic carbocycles. The number of halogens is 1. The Morgan fingerprint density at radius 1 is 1.19 bits per heavy atom. The number of carbonyl (C=O) groups is 3. The van der Waals surface area contributed by atoms with Gasteiger partial charge in [-0.15, -0.1) is 0 Å². The van der Waals surface area contributed by atoms with Crippen LogP contribution in [0.1, 0.15) is 36.3 Å². The lowest BCUT2D eigenvalue weighted by atomic mass is 9.98. The van der Waals surface area contributed by atoms with Gasteiger partial charge in [0.15, 0.2) is 0 Å². The summed E-state index contributed by atoms with van der Waals surface area (Å²) in [5.74, 6) is -0.442. The number of carbonyl (C=O) groups excluding carboxylic acids is 3. The molecule has 4 amide bonds. The minimum Gasteiger partial charge on any atom is -0.355 e. The van der Waals surface area contributed by atoms with E-state index in [2.05, 4.69) is 16.0 Å². The van der Waals surface area contributed by atoms with Crippen molar-refractivity contribution in [2.75, 3.05) is 23.3 Å². The third kappa shape index (κ3) is 4.68. The zero-order valence-corrected chi connectivity index (χ0v) is 17.3. The van der Waals surface area contributed by atoms with Gasteiger partial charge < -0.3 is 20.9 Å². The summed E-state index contributed by atoms with van der Waals surface area (Å²) in [5, 5.41) is 8.35. The van der Waals surface area contributed by atoms with Gasteiger partial charge in [0.05, 0.1) is 0 Å². The van der Waals surface area contributed by atoms with E-state index in [4.69, 9.17) is 0 Å². The van der Waals surface area contributed by atoms with Crippen LogP contribution in [-0.2, 0) is 9.59 Å². The largest absolute Gasteiger partial charge is 0.355 e. The number of anilines is 2. The number of benzene rings is 2. The zero-order valence-electron chi connectivity index (χ0n) is 17.3. The first kappa shape index (κ1) is 20.8. The van der Waals surface area contributed by atoms with Crippen LogP contribution in [0.2, 0.25) is 0 Å². The second kappa shape index (κ2) is 8.75. The van der Waals surface area contributed by atoms with Gasteiger partial charge in [0, 0.05) is 36.8 Å². The third-order valence-electron chi connectivity index (χ3n) is 5.79. The van der Waals surface area contributed by atoms with Gasteiger partial charge in [0.1, 0.15) is 11.9 Å². The summed E-state index contributed by atoms with van der Waals surface area (Å²) in [7, 11) is 0. The lowest BCUT2D eigenvalue weighted by molar-refractivity contribution is -0.121. The van der Waals surface area contributed by atoms with Gasteiger partial charge in [-0.25, -0.2) is 9.18 Å². The van der Waals surface area contributed by atoms with Crippen LogP contribution in [0.25, 0.3) is 0 Å². The average molecular weight is 424 g/mol. The highest BCUT2D eigenvalue weighted by molar-refractivity contribution is 6.01. The average Bonchev–Trinajstić information content (AvgIpc) is 3.17. The second-order valence-electron chi connectivity index (χ2n) is 8.04. The number of urea groups is 1. The summed E-state index contributed by atoms with van der Waals surface area (Å²) >= 11 is 0. The van der Waals surface area contributed by atoms with Crippen LogP contribution in [0.15, 0.2) is 42.5 Å². The molecule has 0 saturated carbocycles. The summed E-state index contributed by atoms with van der Waals surface area (Å²) in [5.41, 5.74) is 2.91. The van der Waals surface area contributed by atoms with E-state index in [1.165, 1.54) is 12.1 Å². The predicted octanol–water partition coefficient (Wildman–Crippen LogP) is 3.05. The van der Waals surface area contributed by atoms with Crippen molar-refractivity contribution >= 4 is 29.2 Å². The zero-order chi connectivity index (χ0) is 22.0. The summed E-state index contributed by atoms with van der Waals surface area (Å²) in [6.45, 7) is 2.88. The molecule has 4 rings (SSSR count). The number of nitrogens with zero attached hydrogens (tertiary/aromatic N) is 1. The smallest absolute Gasteiger partial charge is 0.319 e. The number of rotatable bonds is 4. The molecule has 0 radical (unpaired) electrons. The van der Waals surface area contributed by atoms with Gasteiger partial charge in [-0.1, -0.05) is 12.1 Å². The lowest BCUT2D eigenvalue weighted by Crippen LogP contribution is -2.53. The number of hydrogen-bond donors (Lipinski definition) is 3. The van der Waals surface area contributed by atoms with E-state index in [-0.39, 0.29) is 23.5 Å². The van der Waals surface area contributed by atoms with E-state index in [1.807, 2.05) is 18.2 Å². The minimum atomic E-state index is -0.655. The van der Waals surface area contributed by atoms with E-state index in [0.29, 0.717) is 42.9 Å². The van der Waals surface area contributed by atoms with Crippen molar-refractivity contribution in [2.24, 2.45) is 0 Å². The van der Waals surface area contributed by atoms with E-state index in [1.54, 1.807) is 24.0 Å². The Morgan fingerprint density at radius 3 is 2.77 bits per heavy atom. The molecule has 2 unspecified atom stereocenters. The Kier molecular flexibility index (Phi) is 5.88. The fraction of sp³-hybridized carbons (Fsp3) is 0.348. The van der Waals surface area contributed by atoms with Gasteiger partial charge in [0.2, 0.25) is 11.8 Å². The molecule has 0 aromatic heterocycles. The van der Waals surface area contributed by atoms with Gasteiger partial charge in [-0.3, -0.25) is 9.59 Å². The monoisotopic (exact) mass is 424 g/mol. The van der Waals surface area contributed by atoms with Gasteiger partial charge in [-0.2, -0.15) is 0 Å². The Balaban J connectivity index is 1.40. The molecule has 0 spiro atoms. The molecule has 2 atom stereocenters. The van der Waals surface area contributed by atoms with Crippen LogP contribution in [0.3, 0.4) is 0 Å². The maximum Gasteiger partial charge on any atom is 0.319 e. The molecule has 2 aromatic rings. The Labute approximate surface area is 180 Å². The number of aryl methyl sites for hydroxylation is 1. The highest BCUT2D eigenvalue weighted by Gasteiger charge is 2.31. The highest BCUT2D eigenvalue weighted by atomic mass is 19.1. The van der Waals surface area contributed by atoms with Crippen LogP contribution < -0.4 is 20.9 Å². The molecule has 2 heterocycles. The van der Waals surface area contributed by atoms with E-state index in [0.717, 1.165) is 12.0 Å². The normalized spacial score (nSPS) is 21.0. The molecular formula is C23H25FN4O3. The molecule has 162 valence electrons. The molecular weight excluding hydrogens is 399 g/mol. The van der Waals surface area contributed by atoms with Crippen LogP contribution in [0, 0.1) is 12.7 Å². The molecule has 2 aliphatic rings. The molecule has 0 aliphatic carbocycles. The minimum absolute atomic E-state index is 0.0258. The molecule has 31 heavy (non-hydrogen) atoms. The summed E-state index contributed by atoms with van der Waals surface area (Å²) in [4.78, 5) is 38.6. The van der Waals surface area contributed by atoms with Gasteiger partial charge in [-0.05, 0) is 61.2 Å². The molecule has 7 nitrogen and oxygen atoms in total. The molecule has 0 bridgehead atoms. The van der Waals surface area contributed by atoms with Crippen molar-refractivity contribution in [1.82, 2.24) is 10.6 Å². The predicted molar refractivity (Wildman–Crippen MR) is 115 cm³/mol. The summed E-state index contributed by atoms with van der Waals surface area (Å²) in [6.07, 6.45) is 1.70. The van der Waals surface area contributed by atoms with Gasteiger partial charge in [0.25, 0.3) is 0 Å². The van der Waals surface area contributed by atoms with E-state index < -0.39 is 12.1 Å². The molecule has 2 aliphatic heterocycles. The number of nitrogens with one attached hydrogen (secondary N) is 3. The number of piperidine rings is 1. The fourth-order valence-corrected chi connectivity index (χ4v) is 4.21.